The maximum absolute atomic E-state index is 15.4. The Balaban J connectivity index is 0.00000162. The van der Waals surface area contributed by atoms with Gasteiger partial charge in [-0.3, -0.25) is 6.08 Å². The molecule has 0 atom stereocenters. The van der Waals surface area contributed by atoms with Crippen molar-refractivity contribution >= 4 is 28.0 Å². The zero-order valence-corrected chi connectivity index (χ0v) is 27.1. The Morgan fingerprint density at radius 3 is 0.604 bits per heavy atom. The summed E-state index contributed by atoms with van der Waals surface area (Å²) in [5.41, 5.74) is -14.3. The molecule has 4 aromatic carbocycles. The monoisotopic (exact) mass is 822 g/mol. The number of halogens is 20. The second-order valence-corrected chi connectivity index (χ2v) is 9.80. The third kappa shape index (κ3) is 6.85. The average Bonchev–Trinajstić information content (AvgIpc) is 3.69. The van der Waals surface area contributed by atoms with Gasteiger partial charge in [-0.25, -0.2) is 100.0 Å². The first-order valence-corrected chi connectivity index (χ1v) is 12.7. The first kappa shape index (κ1) is 46.8. The molecule has 5 rings (SSSR count). The zero-order chi connectivity index (χ0) is 37.9. The minimum atomic E-state index is -7.22. The molecule has 0 bridgehead atoms. The van der Waals surface area contributed by atoms with E-state index in [2.05, 4.69) is 12.2 Å². The summed E-state index contributed by atoms with van der Waals surface area (Å²) >= 11 is 0. The summed E-state index contributed by atoms with van der Waals surface area (Å²) in [7, 11) is 0. The van der Waals surface area contributed by atoms with Crippen molar-refractivity contribution in [2.75, 3.05) is 0 Å². The molecule has 0 nitrogen and oxygen atoms in total. The van der Waals surface area contributed by atoms with Crippen molar-refractivity contribution in [2.24, 2.45) is 0 Å². The summed E-state index contributed by atoms with van der Waals surface area (Å²) in [6, 6.07) is 0. The van der Waals surface area contributed by atoms with Gasteiger partial charge in [-0.15, -0.1) is 28.3 Å². The van der Waals surface area contributed by atoms with Crippen LogP contribution in [0.3, 0.4) is 0 Å². The number of rotatable bonds is 4. The van der Waals surface area contributed by atoms with Crippen LogP contribution in [-0.2, 0) is 21.7 Å². The van der Waals surface area contributed by atoms with Gasteiger partial charge in [0.2, 0.25) is 0 Å². The van der Waals surface area contributed by atoms with Crippen LogP contribution in [-0.4, -0.2) is 6.15 Å². The Bertz CT molecular complexity index is 1750. The summed E-state index contributed by atoms with van der Waals surface area (Å²) in [4.78, 5) is 0. The van der Waals surface area contributed by atoms with E-state index in [0.29, 0.717) is 0 Å². The van der Waals surface area contributed by atoms with Crippen LogP contribution in [0.2, 0.25) is 0 Å². The molecule has 0 heterocycles. The van der Waals surface area contributed by atoms with Gasteiger partial charge in [0.15, 0.2) is 69.8 Å². The molecule has 22 heteroatoms. The van der Waals surface area contributed by atoms with Crippen molar-refractivity contribution in [1.29, 1.82) is 0 Å². The molecule has 4 aromatic rings. The minimum Gasteiger partial charge on any atom is -0.358 e. The van der Waals surface area contributed by atoms with Crippen molar-refractivity contribution in [2.45, 2.75) is 6.42 Å². The van der Waals surface area contributed by atoms with Gasteiger partial charge in [0, 0.05) is 0 Å². The van der Waals surface area contributed by atoms with E-state index in [1.165, 1.54) is 0 Å². The van der Waals surface area contributed by atoms with Gasteiger partial charge in [-0.05, 0) is 0 Å². The maximum Gasteiger partial charge on any atom is 4.00 e. The molecule has 0 aromatic heterocycles. The maximum atomic E-state index is 15.4. The van der Waals surface area contributed by atoms with Gasteiger partial charge in [0.1, 0.15) is 52.7 Å². The largest absolute Gasteiger partial charge is 4.00 e. The first-order chi connectivity index (χ1) is 23.2. The van der Waals surface area contributed by atoms with Crippen molar-refractivity contribution in [3.05, 3.63) is 156 Å². The fraction of sp³-hybridized carbons (Fsp3) is 0.0323. The Labute approximate surface area is 299 Å². The molecule has 0 N–H and O–H groups in total. The van der Waals surface area contributed by atoms with Gasteiger partial charge >= 0.3 is 21.7 Å². The van der Waals surface area contributed by atoms with E-state index in [0.717, 1.165) is 6.42 Å². The van der Waals surface area contributed by atoms with Crippen LogP contribution < -0.4 is 21.9 Å². The van der Waals surface area contributed by atoms with E-state index in [4.69, 9.17) is 0 Å². The third-order valence-electron chi connectivity index (χ3n) is 7.29. The molecular formula is C31H11BF20Ti. The molecule has 0 radical (unpaired) electrons. The van der Waals surface area contributed by atoms with Crippen LogP contribution in [0.15, 0.2) is 18.2 Å². The number of hydrogen-bond donors (Lipinski definition) is 0. The summed E-state index contributed by atoms with van der Waals surface area (Å²) in [6.07, 6.45) is 2.78. The molecular weight excluding hydrogens is 811 g/mol. The third-order valence-corrected chi connectivity index (χ3v) is 7.29. The second-order valence-electron chi connectivity index (χ2n) is 9.80. The fourth-order valence-corrected chi connectivity index (χ4v) is 5.21. The summed E-state index contributed by atoms with van der Waals surface area (Å²) in [5, 5.41) is 0. The van der Waals surface area contributed by atoms with E-state index in [1.807, 2.05) is 12.2 Å². The predicted octanol–water partition coefficient (Wildman–Crippen LogP) is 8.05. The SMILES string of the molecule is Fc1c(F)c(F)c([B-](c2c(F)c(F)c(F)c(F)c2F)(c2c(F)c(F)c(F)c(F)c2F)c2c(F)c(F)c(F)c(F)c2F)c(F)c1F.[C-]1=CC=CC1.[CH3-].[CH3-].[Ti+4]. The van der Waals surface area contributed by atoms with Crippen LogP contribution >= 0.6 is 0 Å². The second kappa shape index (κ2) is 16.8. The molecule has 1 aliphatic carbocycles. The van der Waals surface area contributed by atoms with Crippen LogP contribution in [0.1, 0.15) is 6.42 Å². The molecule has 0 saturated carbocycles. The Morgan fingerprint density at radius 1 is 0.321 bits per heavy atom. The van der Waals surface area contributed by atoms with Crippen molar-refractivity contribution in [3.63, 3.8) is 0 Å². The Hall–Kier alpha value is -4.26. The van der Waals surface area contributed by atoms with E-state index >= 15 is 35.1 Å². The number of benzene rings is 4. The van der Waals surface area contributed by atoms with E-state index in [9.17, 15) is 52.7 Å². The van der Waals surface area contributed by atoms with E-state index in [-0.39, 0.29) is 36.6 Å². The van der Waals surface area contributed by atoms with Gasteiger partial charge < -0.3 is 14.9 Å². The van der Waals surface area contributed by atoms with Crippen molar-refractivity contribution in [3.8, 4) is 0 Å². The Kier molecular flexibility index (Phi) is 14.8. The Morgan fingerprint density at radius 2 is 0.491 bits per heavy atom. The summed E-state index contributed by atoms with van der Waals surface area (Å²) in [5.74, 6) is -71.4. The van der Waals surface area contributed by atoms with Crippen LogP contribution in [0, 0.1) is 137 Å². The first-order valence-electron chi connectivity index (χ1n) is 12.7. The van der Waals surface area contributed by atoms with Gasteiger partial charge in [-0.2, -0.15) is 6.08 Å². The molecule has 0 fully saturated rings. The normalized spacial score (nSPS) is 11.8. The van der Waals surface area contributed by atoms with E-state index in [1.54, 1.807) is 0 Å². The molecule has 0 spiro atoms. The van der Waals surface area contributed by atoms with Crippen LogP contribution in [0.25, 0.3) is 0 Å². The fourth-order valence-electron chi connectivity index (χ4n) is 5.21. The molecule has 0 saturated heterocycles. The molecule has 0 unspecified atom stereocenters. The topological polar surface area (TPSA) is 0 Å². The van der Waals surface area contributed by atoms with E-state index < -0.39 is 144 Å². The van der Waals surface area contributed by atoms with Gasteiger partial charge in [0.25, 0.3) is 0 Å². The number of allylic oxidation sites excluding steroid dienone is 4. The van der Waals surface area contributed by atoms with Crippen LogP contribution in [0.5, 0.6) is 0 Å². The molecule has 282 valence electrons. The molecule has 53 heavy (non-hydrogen) atoms. The van der Waals surface area contributed by atoms with Crippen molar-refractivity contribution < 1.29 is 110 Å². The number of hydrogen-bond acceptors (Lipinski definition) is 0. The van der Waals surface area contributed by atoms with Crippen LogP contribution in [0.4, 0.5) is 87.8 Å². The molecule has 0 amide bonds. The summed E-state index contributed by atoms with van der Waals surface area (Å²) < 4.78 is 294. The standard InChI is InChI=1S/C24BF20.C5H5.2CH3.Ti/c26-5-1(6(27)14(35)21(42)13(5)34)25(2-7(28)15(36)22(43)16(37)8(2)29,3-9(30)17(38)23(44)18(39)10(3)31)4-11(32)19(40)24(45)20(41)12(4)33;1-2-4-5-3-1;;;/h;1-3H,4H2;2*1H3;/q4*-1;+4. The minimum absolute atomic E-state index is 0. The van der Waals surface area contributed by atoms with Gasteiger partial charge in [-0.1, -0.05) is 0 Å². The predicted molar refractivity (Wildman–Crippen MR) is 144 cm³/mol. The quantitative estimate of drug-likeness (QED) is 0.0644. The zero-order valence-electron chi connectivity index (χ0n) is 25.6. The molecule has 1 aliphatic rings. The molecule has 0 aliphatic heterocycles. The smallest absolute Gasteiger partial charge is 0.358 e. The van der Waals surface area contributed by atoms with Gasteiger partial charge in [0.05, 0.1) is 0 Å². The van der Waals surface area contributed by atoms with Crippen molar-refractivity contribution in [1.82, 2.24) is 0 Å². The average molecular weight is 822 g/mol. The summed E-state index contributed by atoms with van der Waals surface area (Å²) in [6.45, 7) is 0.